The van der Waals surface area contributed by atoms with E-state index in [1.165, 1.54) is 83.5 Å². The quantitative estimate of drug-likeness (QED) is 0.108. The second-order valence-corrected chi connectivity index (χ2v) is 38.8. The first-order valence-corrected chi connectivity index (χ1v) is 49.5. The molecule has 3 aliphatic rings. The topological polar surface area (TPSA) is 155 Å². The molecule has 12 heteroatoms. The number of rotatable bonds is 13. The van der Waals surface area contributed by atoms with Crippen LogP contribution in [0.4, 0.5) is 0 Å². The van der Waals surface area contributed by atoms with Gasteiger partial charge in [0.15, 0.2) is 52.4 Å². The zero-order valence-electron chi connectivity index (χ0n) is 80.2. The monoisotopic (exact) mass is 1870 g/mol. The van der Waals surface area contributed by atoms with Crippen LogP contribution in [0, 0.1) is 0 Å². The lowest BCUT2D eigenvalue weighted by Gasteiger charge is -2.33. The number of benzene rings is 20. The normalized spacial score (nSPS) is 13.1. The van der Waals surface area contributed by atoms with Crippen molar-refractivity contribution in [2.24, 2.45) is 0 Å². The summed E-state index contributed by atoms with van der Waals surface area (Å²) in [6, 6.07) is 163. The number of fused-ring (bicyclic) bond motifs is 19. The Kier molecular flexibility index (Phi) is 20.6. The molecular formula is C134H89N9O3. The van der Waals surface area contributed by atoms with Gasteiger partial charge < -0.3 is 13.3 Å². The summed E-state index contributed by atoms with van der Waals surface area (Å²) in [5.74, 6) is 5.45. The van der Waals surface area contributed by atoms with Gasteiger partial charge in [0.25, 0.3) is 0 Å². The van der Waals surface area contributed by atoms with Gasteiger partial charge in [0.2, 0.25) is 0 Å². The van der Waals surface area contributed by atoms with E-state index in [0.717, 1.165) is 143 Å². The molecule has 6 aromatic heterocycles. The van der Waals surface area contributed by atoms with Gasteiger partial charge in [-0.05, 0) is 172 Å². The number of furan rings is 3. The fourth-order valence-electron chi connectivity index (χ4n) is 22.6. The number of hydrogen-bond acceptors (Lipinski definition) is 12. The average Bonchev–Trinajstić information content (AvgIpc) is 1.52. The van der Waals surface area contributed by atoms with Crippen molar-refractivity contribution in [3.63, 3.8) is 0 Å². The molecule has 26 aromatic rings. The molecule has 0 saturated carbocycles. The Morgan fingerprint density at radius 3 is 0.856 bits per heavy atom. The summed E-state index contributed by atoms with van der Waals surface area (Å²) >= 11 is 0. The largest absolute Gasteiger partial charge is 0.455 e. The van der Waals surface area contributed by atoms with Crippen molar-refractivity contribution in [3.8, 4) is 158 Å². The van der Waals surface area contributed by atoms with Crippen molar-refractivity contribution in [2.45, 2.75) is 43.9 Å². The summed E-state index contributed by atoms with van der Waals surface area (Å²) in [7, 11) is 0. The average molecular weight is 1870 g/mol. The van der Waals surface area contributed by atoms with Crippen LogP contribution in [0.3, 0.4) is 0 Å². The highest BCUT2D eigenvalue weighted by atomic mass is 16.3. The van der Waals surface area contributed by atoms with E-state index in [-0.39, 0.29) is 10.8 Å². The Morgan fingerprint density at radius 1 is 0.158 bits per heavy atom. The van der Waals surface area contributed by atoms with Gasteiger partial charge in [0, 0.05) is 76.5 Å². The molecule has 0 amide bonds. The number of aromatic nitrogens is 9. The number of hydrogen-bond donors (Lipinski definition) is 0. The highest BCUT2D eigenvalue weighted by molar-refractivity contribution is 6.15. The van der Waals surface area contributed by atoms with Gasteiger partial charge in [0.1, 0.15) is 33.5 Å². The van der Waals surface area contributed by atoms with Crippen molar-refractivity contribution in [2.75, 3.05) is 0 Å². The fraction of sp³-hybridized carbons (Fsp3) is 0.0522. The van der Waals surface area contributed by atoms with E-state index in [1.807, 2.05) is 115 Å². The highest BCUT2D eigenvalue weighted by Crippen LogP contribution is 2.59. The maximum Gasteiger partial charge on any atom is 0.167 e. The standard InChI is InChI=1S/C50H31N3O.2C42H29N3O/c1-4-17-33(18-5-1)47-51-48(39-27-14-19-32-16-10-11-24-36(32)39)53-49(52-47)40-28-15-26-38-42-30-41-37-25-12-13-29-43(37)50(34-20-6-2-7-21-34,35-22-8-3-9-23-35)44(41)31-45(42)54-46(38)40;1-42(2)35-22-10-9-19-30(35)33-24-34-31-20-12-21-32(38(31)46-37(34)25-36(33)42)41-44-39(27-15-7-4-8-16-27)43-40(45-41)29-18-11-17-28(23-29)26-13-5-3-6-14-26;1-42(2)35-19-10-9-16-30(35)33-24-34-31-17-11-18-32(38(31)46-37(34)25-36(33)42)41-44-39(28-14-7-4-8-15-28)43-40(45-41)29-22-20-27(21-23-29)26-12-5-3-6-13-26/h1-31H;2*3-25H,1-2H3. The van der Waals surface area contributed by atoms with E-state index in [4.69, 9.17) is 58.1 Å². The fourth-order valence-corrected chi connectivity index (χ4v) is 22.6. The molecule has 0 fully saturated rings. The van der Waals surface area contributed by atoms with Gasteiger partial charge in [-0.3, -0.25) is 0 Å². The van der Waals surface area contributed by atoms with Crippen LogP contribution in [-0.2, 0) is 16.2 Å². The lowest BCUT2D eigenvalue weighted by atomic mass is 9.67. The molecule has 146 heavy (non-hydrogen) atoms. The third kappa shape index (κ3) is 14.5. The Balaban J connectivity index is 0.000000109. The molecule has 0 spiro atoms. The summed E-state index contributed by atoms with van der Waals surface area (Å²) in [4.78, 5) is 45.5. The predicted molar refractivity (Wildman–Crippen MR) is 591 cm³/mol. The maximum atomic E-state index is 6.99. The van der Waals surface area contributed by atoms with Crippen LogP contribution in [0.25, 0.3) is 235 Å². The third-order valence-electron chi connectivity index (χ3n) is 29.7. The zero-order valence-corrected chi connectivity index (χ0v) is 80.2. The molecule has 688 valence electrons. The zero-order chi connectivity index (χ0) is 97.3. The first kappa shape index (κ1) is 86.2. The number of nitrogens with zero attached hydrogens (tertiary/aromatic N) is 9. The molecule has 0 atom stereocenters. The van der Waals surface area contributed by atoms with E-state index >= 15 is 0 Å². The first-order chi connectivity index (χ1) is 71.9. The molecule has 0 unspecified atom stereocenters. The Morgan fingerprint density at radius 2 is 0.418 bits per heavy atom. The van der Waals surface area contributed by atoms with Gasteiger partial charge >= 0.3 is 0 Å². The van der Waals surface area contributed by atoms with Gasteiger partial charge in [0.05, 0.1) is 22.1 Å². The highest BCUT2D eigenvalue weighted by Gasteiger charge is 2.47. The van der Waals surface area contributed by atoms with Crippen LogP contribution in [0.2, 0.25) is 0 Å². The molecule has 20 aromatic carbocycles. The third-order valence-corrected chi connectivity index (χ3v) is 29.7. The molecule has 0 aliphatic heterocycles. The second kappa shape index (κ2) is 34.8. The minimum Gasteiger partial charge on any atom is -0.455 e. The summed E-state index contributed by atoms with van der Waals surface area (Å²) in [5.41, 5.74) is 34.6. The van der Waals surface area contributed by atoms with E-state index in [0.29, 0.717) is 52.4 Å². The first-order valence-electron chi connectivity index (χ1n) is 49.5. The molecule has 0 saturated heterocycles. The maximum absolute atomic E-state index is 6.99. The predicted octanol–water partition coefficient (Wildman–Crippen LogP) is 33.8. The summed E-state index contributed by atoms with van der Waals surface area (Å²) in [5, 5.41) is 8.59. The summed E-state index contributed by atoms with van der Waals surface area (Å²) in [6.45, 7) is 9.17. The van der Waals surface area contributed by atoms with Crippen LogP contribution in [0.1, 0.15) is 72.2 Å². The number of para-hydroxylation sites is 3. The Hall–Kier alpha value is -18.9. The van der Waals surface area contributed by atoms with Crippen LogP contribution >= 0.6 is 0 Å². The van der Waals surface area contributed by atoms with E-state index in [9.17, 15) is 0 Å². The van der Waals surface area contributed by atoms with E-state index in [2.05, 4.69) is 380 Å². The van der Waals surface area contributed by atoms with Crippen LogP contribution in [0.5, 0.6) is 0 Å². The van der Waals surface area contributed by atoms with Gasteiger partial charge in [-0.25, -0.2) is 44.9 Å². The van der Waals surface area contributed by atoms with Crippen LogP contribution in [0.15, 0.2) is 480 Å². The molecular weight excluding hydrogens is 1780 g/mol. The minimum absolute atomic E-state index is 0.105. The molecule has 29 rings (SSSR count). The molecule has 0 radical (unpaired) electrons. The van der Waals surface area contributed by atoms with Crippen LogP contribution in [-0.4, -0.2) is 44.9 Å². The van der Waals surface area contributed by atoms with Crippen molar-refractivity contribution in [1.82, 2.24) is 44.9 Å². The SMILES string of the molecule is CC1(C)c2ccccc2-c2cc3c(cc21)oc1c(-c2nc(-c4ccccc4)nc(-c4ccc(-c5ccccc5)cc4)n2)cccc13.CC1(C)c2ccccc2-c2cc3c(cc21)oc1c(-c2nc(-c4ccccc4)nc(-c4cccc(-c5ccccc5)c4)n2)cccc13.c1ccc(-c2nc(-c3cccc4ccccc34)nc(-c3cccc4c3oc3cc5c(cc34)-c3ccccc3C5(c3ccccc3)c3ccccc3)n2)cc1. The van der Waals surface area contributed by atoms with Crippen molar-refractivity contribution >= 4 is 76.6 Å². The molecule has 3 aliphatic carbocycles. The second-order valence-electron chi connectivity index (χ2n) is 38.8. The summed E-state index contributed by atoms with van der Waals surface area (Å²) in [6.07, 6.45) is 0. The molecule has 0 N–H and O–H groups in total. The van der Waals surface area contributed by atoms with Gasteiger partial charge in [-0.2, -0.15) is 0 Å². The summed E-state index contributed by atoms with van der Waals surface area (Å²) < 4.78 is 20.4. The Labute approximate surface area is 842 Å². The molecule has 12 nitrogen and oxygen atoms in total. The Bertz CT molecular complexity index is 9620. The lowest BCUT2D eigenvalue weighted by Crippen LogP contribution is -2.28. The smallest absolute Gasteiger partial charge is 0.167 e. The minimum atomic E-state index is -0.517. The van der Waals surface area contributed by atoms with E-state index < -0.39 is 5.41 Å². The van der Waals surface area contributed by atoms with Crippen molar-refractivity contribution in [1.29, 1.82) is 0 Å². The molecule has 6 heterocycles. The van der Waals surface area contributed by atoms with E-state index in [1.54, 1.807) is 0 Å². The lowest BCUT2D eigenvalue weighted by molar-refractivity contribution is 0.647. The van der Waals surface area contributed by atoms with Crippen LogP contribution < -0.4 is 0 Å². The van der Waals surface area contributed by atoms with Crippen molar-refractivity contribution < 1.29 is 13.3 Å². The van der Waals surface area contributed by atoms with Gasteiger partial charge in [-0.1, -0.05) is 434 Å². The van der Waals surface area contributed by atoms with Gasteiger partial charge in [-0.15, -0.1) is 0 Å². The molecule has 0 bridgehead atoms. The van der Waals surface area contributed by atoms with Crippen molar-refractivity contribution in [3.05, 3.63) is 512 Å².